The number of rotatable bonds is 5. The molecular weight excluding hydrogens is 453 g/mol. The van der Waals surface area contributed by atoms with E-state index in [-0.39, 0.29) is 29.3 Å². The number of nitrogens with one attached hydrogen (secondary N) is 1. The molecule has 7 nitrogen and oxygen atoms in total. The minimum absolute atomic E-state index is 0.0452. The largest absolute Gasteiger partial charge is 0.454 e. The number of hydrogen-bond donors (Lipinski definition) is 1. The smallest absolute Gasteiger partial charge is 0.272 e. The second kappa shape index (κ2) is 8.51. The van der Waals surface area contributed by atoms with E-state index >= 15 is 0 Å². The van der Waals surface area contributed by atoms with Crippen molar-refractivity contribution in [1.29, 1.82) is 0 Å². The summed E-state index contributed by atoms with van der Waals surface area (Å²) in [5.74, 6) is 0.611. The van der Waals surface area contributed by atoms with Gasteiger partial charge in [0.25, 0.3) is 5.56 Å². The molecule has 0 fully saturated rings. The minimum Gasteiger partial charge on any atom is -0.454 e. The van der Waals surface area contributed by atoms with Crippen molar-refractivity contribution in [3.05, 3.63) is 64.3 Å². The first kappa shape index (κ1) is 20.9. The maximum Gasteiger partial charge on any atom is 0.272 e. The van der Waals surface area contributed by atoms with Crippen LogP contribution in [0.4, 0.5) is 10.1 Å². The summed E-state index contributed by atoms with van der Waals surface area (Å²) in [6, 6.07) is 10.8. The van der Waals surface area contributed by atoms with Gasteiger partial charge in [-0.15, -0.1) is 11.8 Å². The van der Waals surface area contributed by atoms with E-state index in [2.05, 4.69) is 10.3 Å². The lowest BCUT2D eigenvalue weighted by atomic mass is 10.2. The Kier molecular flexibility index (Phi) is 5.56. The highest BCUT2D eigenvalue weighted by molar-refractivity contribution is 8.00. The normalized spacial score (nSPS) is 16.1. The summed E-state index contributed by atoms with van der Waals surface area (Å²) in [5.41, 5.74) is 1.63. The van der Waals surface area contributed by atoms with Crippen LogP contribution >= 0.6 is 23.5 Å². The van der Waals surface area contributed by atoms with E-state index in [0.717, 1.165) is 17.5 Å². The number of carbonyl (C=O) groups excluding carboxylic acids is 1. The molecule has 0 bridgehead atoms. The summed E-state index contributed by atoms with van der Waals surface area (Å²) in [6.45, 7) is 2.20. The van der Waals surface area contributed by atoms with Crippen LogP contribution in [0.25, 0.3) is 5.69 Å². The molecule has 1 atom stereocenters. The molecule has 1 N–H and O–H groups in total. The molecule has 2 aromatic carbocycles. The van der Waals surface area contributed by atoms with Crippen molar-refractivity contribution in [2.45, 2.75) is 28.6 Å². The van der Waals surface area contributed by atoms with Crippen LogP contribution in [-0.4, -0.2) is 33.3 Å². The van der Waals surface area contributed by atoms with E-state index in [1.807, 2.05) is 6.92 Å². The number of benzene rings is 2. The summed E-state index contributed by atoms with van der Waals surface area (Å²) in [7, 11) is 0. The summed E-state index contributed by atoms with van der Waals surface area (Å²) < 4.78 is 25.5. The molecule has 2 aliphatic rings. The molecule has 0 saturated heterocycles. The Morgan fingerprint density at radius 2 is 2.03 bits per heavy atom. The molecule has 164 valence electrons. The summed E-state index contributed by atoms with van der Waals surface area (Å²) >= 11 is 2.65. The topological polar surface area (TPSA) is 82.4 Å². The fourth-order valence-corrected chi connectivity index (χ4v) is 5.44. The monoisotopic (exact) mass is 471 g/mol. The second-order valence-electron chi connectivity index (χ2n) is 7.32. The Morgan fingerprint density at radius 3 is 2.84 bits per heavy atom. The SMILES string of the molecule is CC1Cc2nc(SCC(=O)Nc3ccc4c(c3)OCO4)n(-c3ccc(F)cc3)c(=O)c2S1. The lowest BCUT2D eigenvalue weighted by molar-refractivity contribution is -0.113. The fourth-order valence-electron chi connectivity index (χ4n) is 3.52. The van der Waals surface area contributed by atoms with Gasteiger partial charge in [-0.25, -0.2) is 9.37 Å². The Hall–Kier alpha value is -2.98. The third kappa shape index (κ3) is 4.07. The first-order chi connectivity index (χ1) is 15.5. The molecule has 10 heteroatoms. The van der Waals surface area contributed by atoms with E-state index in [4.69, 9.17) is 9.47 Å². The molecule has 1 amide bonds. The predicted molar refractivity (Wildman–Crippen MR) is 121 cm³/mol. The van der Waals surface area contributed by atoms with Crippen molar-refractivity contribution in [1.82, 2.24) is 9.55 Å². The average molecular weight is 472 g/mol. The van der Waals surface area contributed by atoms with Gasteiger partial charge in [-0.2, -0.15) is 0 Å². The molecule has 1 unspecified atom stereocenters. The van der Waals surface area contributed by atoms with Crippen molar-refractivity contribution >= 4 is 35.1 Å². The van der Waals surface area contributed by atoms with Gasteiger partial charge in [-0.1, -0.05) is 18.7 Å². The Morgan fingerprint density at radius 1 is 1.25 bits per heavy atom. The highest BCUT2D eigenvalue weighted by Gasteiger charge is 2.27. The van der Waals surface area contributed by atoms with Gasteiger partial charge in [-0.05, 0) is 36.4 Å². The van der Waals surface area contributed by atoms with E-state index in [0.29, 0.717) is 39.3 Å². The number of fused-ring (bicyclic) bond motifs is 2. The first-order valence-electron chi connectivity index (χ1n) is 9.89. The van der Waals surface area contributed by atoms with Gasteiger partial charge in [0.15, 0.2) is 16.7 Å². The molecule has 5 rings (SSSR count). The lowest BCUT2D eigenvalue weighted by Crippen LogP contribution is -2.24. The van der Waals surface area contributed by atoms with Crippen LogP contribution in [0.1, 0.15) is 12.6 Å². The van der Waals surface area contributed by atoms with Crippen LogP contribution in [0.2, 0.25) is 0 Å². The predicted octanol–water partition coefficient (Wildman–Crippen LogP) is 3.87. The first-order valence-corrected chi connectivity index (χ1v) is 11.8. The minimum atomic E-state index is -0.392. The van der Waals surface area contributed by atoms with Gasteiger partial charge < -0.3 is 14.8 Å². The van der Waals surface area contributed by atoms with E-state index < -0.39 is 5.82 Å². The number of ether oxygens (including phenoxy) is 2. The zero-order valence-corrected chi connectivity index (χ0v) is 18.6. The molecule has 3 aromatic rings. The van der Waals surface area contributed by atoms with Gasteiger partial charge in [0.1, 0.15) is 5.82 Å². The third-order valence-electron chi connectivity index (χ3n) is 4.95. The number of halogens is 1. The van der Waals surface area contributed by atoms with Crippen LogP contribution < -0.4 is 20.3 Å². The second-order valence-corrected chi connectivity index (χ2v) is 9.72. The highest BCUT2D eigenvalue weighted by atomic mass is 32.2. The number of hydrogen-bond acceptors (Lipinski definition) is 7. The molecular formula is C22H18FN3O4S2. The molecule has 0 aliphatic carbocycles. The Bertz CT molecular complexity index is 1260. The quantitative estimate of drug-likeness (QED) is 0.447. The van der Waals surface area contributed by atoms with E-state index in [1.165, 1.54) is 40.6 Å². The van der Waals surface area contributed by atoms with Gasteiger partial charge in [0.05, 0.1) is 22.0 Å². The summed E-state index contributed by atoms with van der Waals surface area (Å²) in [6.07, 6.45) is 0.691. The van der Waals surface area contributed by atoms with Crippen LogP contribution in [0.3, 0.4) is 0 Å². The van der Waals surface area contributed by atoms with Crippen LogP contribution in [-0.2, 0) is 11.2 Å². The standard InChI is InChI=1S/C22H18FN3O4S2/c1-12-8-16-20(32-12)21(28)26(15-5-2-13(23)3-6-15)22(25-16)31-10-19(27)24-14-4-7-17-18(9-14)30-11-29-17/h2-7,9,12H,8,10-11H2,1H3,(H,24,27). The highest BCUT2D eigenvalue weighted by Crippen LogP contribution is 2.36. The van der Waals surface area contributed by atoms with E-state index in [1.54, 1.807) is 18.2 Å². The number of thioether (sulfide) groups is 2. The van der Waals surface area contributed by atoms with Crippen molar-refractivity contribution in [2.75, 3.05) is 17.9 Å². The van der Waals surface area contributed by atoms with E-state index in [9.17, 15) is 14.0 Å². The molecule has 32 heavy (non-hydrogen) atoms. The van der Waals surface area contributed by atoms with Crippen molar-refractivity contribution in [3.63, 3.8) is 0 Å². The Labute approximate surface area is 191 Å². The lowest BCUT2D eigenvalue weighted by Gasteiger charge is -2.14. The maximum absolute atomic E-state index is 13.4. The molecule has 2 aliphatic heterocycles. The number of carbonyl (C=O) groups is 1. The number of aromatic nitrogens is 2. The van der Waals surface area contributed by atoms with Gasteiger partial charge in [-0.3, -0.25) is 14.2 Å². The number of anilines is 1. The molecule has 0 spiro atoms. The van der Waals surface area contributed by atoms with Crippen LogP contribution in [0, 0.1) is 5.82 Å². The zero-order valence-electron chi connectivity index (χ0n) is 17.0. The molecule has 1 aromatic heterocycles. The van der Waals surface area contributed by atoms with Crippen LogP contribution in [0.5, 0.6) is 11.5 Å². The Balaban J connectivity index is 1.39. The van der Waals surface area contributed by atoms with Gasteiger partial charge >= 0.3 is 0 Å². The zero-order chi connectivity index (χ0) is 22.2. The molecule has 0 radical (unpaired) electrons. The number of nitrogens with zero attached hydrogens (tertiary/aromatic N) is 2. The maximum atomic E-state index is 13.4. The molecule has 0 saturated carbocycles. The van der Waals surface area contributed by atoms with Crippen molar-refractivity contribution in [3.8, 4) is 17.2 Å². The fraction of sp³-hybridized carbons (Fsp3) is 0.227. The van der Waals surface area contributed by atoms with Crippen molar-refractivity contribution in [2.24, 2.45) is 0 Å². The van der Waals surface area contributed by atoms with Crippen molar-refractivity contribution < 1.29 is 18.7 Å². The van der Waals surface area contributed by atoms with Gasteiger partial charge in [0.2, 0.25) is 12.7 Å². The summed E-state index contributed by atoms with van der Waals surface area (Å²) in [4.78, 5) is 31.1. The summed E-state index contributed by atoms with van der Waals surface area (Å²) in [5, 5.41) is 3.47. The number of amides is 1. The third-order valence-corrected chi connectivity index (χ3v) is 7.11. The van der Waals surface area contributed by atoms with Gasteiger partial charge in [0, 0.05) is 23.4 Å². The average Bonchev–Trinajstić information content (AvgIpc) is 3.39. The molecule has 3 heterocycles. The van der Waals surface area contributed by atoms with Crippen LogP contribution in [0.15, 0.2) is 57.3 Å².